The number of hydrogen-bond donors (Lipinski definition) is 2. The van der Waals surface area contributed by atoms with Gasteiger partial charge in [0.2, 0.25) is 0 Å². The summed E-state index contributed by atoms with van der Waals surface area (Å²) in [6.45, 7) is 0. The Morgan fingerprint density at radius 3 is 2.55 bits per heavy atom. The van der Waals surface area contributed by atoms with E-state index < -0.39 is 6.43 Å². The van der Waals surface area contributed by atoms with Gasteiger partial charge in [0.25, 0.3) is 6.43 Å². The highest BCUT2D eigenvalue weighted by Crippen LogP contribution is 2.33. The molecule has 2 aromatic carbocycles. The molecule has 0 aliphatic rings. The van der Waals surface area contributed by atoms with E-state index in [0.717, 1.165) is 0 Å². The molecule has 0 unspecified atom stereocenters. The number of benzene rings is 2. The van der Waals surface area contributed by atoms with E-state index in [9.17, 15) is 8.78 Å². The maximum atomic E-state index is 13.0. The van der Waals surface area contributed by atoms with Crippen LogP contribution in [0.5, 0.6) is 5.75 Å². The van der Waals surface area contributed by atoms with Gasteiger partial charge in [0.15, 0.2) is 0 Å². The van der Waals surface area contributed by atoms with E-state index >= 15 is 0 Å². The fourth-order valence-electron chi connectivity index (χ4n) is 1.78. The number of halogens is 3. The molecule has 2 rings (SSSR count). The summed E-state index contributed by atoms with van der Waals surface area (Å²) in [4.78, 5) is 0. The molecule has 20 heavy (non-hydrogen) atoms. The summed E-state index contributed by atoms with van der Waals surface area (Å²) in [7, 11) is 1.50. The van der Waals surface area contributed by atoms with Crippen molar-refractivity contribution in [2.75, 3.05) is 18.2 Å². The van der Waals surface area contributed by atoms with Crippen LogP contribution in [0.2, 0.25) is 5.02 Å². The molecule has 0 bridgehead atoms. The van der Waals surface area contributed by atoms with Crippen LogP contribution in [0.3, 0.4) is 0 Å². The molecule has 0 radical (unpaired) electrons. The van der Waals surface area contributed by atoms with Crippen LogP contribution in [-0.2, 0) is 0 Å². The van der Waals surface area contributed by atoms with Crippen molar-refractivity contribution in [2.45, 2.75) is 6.43 Å². The van der Waals surface area contributed by atoms with Crippen molar-refractivity contribution in [3.63, 3.8) is 0 Å². The van der Waals surface area contributed by atoms with Crippen LogP contribution in [0.4, 0.5) is 25.8 Å². The Kier molecular flexibility index (Phi) is 4.29. The van der Waals surface area contributed by atoms with Gasteiger partial charge >= 0.3 is 0 Å². The van der Waals surface area contributed by atoms with E-state index in [2.05, 4.69) is 5.32 Å². The summed E-state index contributed by atoms with van der Waals surface area (Å²) in [6.07, 6.45) is -2.62. The van der Waals surface area contributed by atoms with Crippen LogP contribution < -0.4 is 15.8 Å². The first-order valence-electron chi connectivity index (χ1n) is 5.79. The van der Waals surface area contributed by atoms with Gasteiger partial charge in [-0.15, -0.1) is 0 Å². The number of ether oxygens (including phenoxy) is 1. The van der Waals surface area contributed by atoms with Gasteiger partial charge < -0.3 is 15.8 Å². The van der Waals surface area contributed by atoms with Crippen molar-refractivity contribution < 1.29 is 13.5 Å². The zero-order chi connectivity index (χ0) is 14.7. The van der Waals surface area contributed by atoms with E-state index in [1.807, 2.05) is 0 Å². The third-order valence-electron chi connectivity index (χ3n) is 2.74. The largest absolute Gasteiger partial charge is 0.495 e. The summed E-state index contributed by atoms with van der Waals surface area (Å²) in [6, 6.07) is 9.26. The number of alkyl halides is 2. The van der Waals surface area contributed by atoms with Crippen LogP contribution in [0.25, 0.3) is 0 Å². The van der Waals surface area contributed by atoms with Crippen molar-refractivity contribution in [1.29, 1.82) is 0 Å². The zero-order valence-electron chi connectivity index (χ0n) is 10.7. The molecule has 0 saturated carbocycles. The molecular weight excluding hydrogens is 286 g/mol. The standard InChI is InChI=1S/C14H13ClF2N2O/c1-20-13-5-3-9(7-11(13)15)19-12-4-2-8(18)6-10(12)14(16)17/h2-7,14,19H,18H2,1H3. The molecule has 0 saturated heterocycles. The lowest BCUT2D eigenvalue weighted by atomic mass is 10.1. The number of nitrogens with two attached hydrogens (primary N) is 1. The third-order valence-corrected chi connectivity index (χ3v) is 3.04. The Morgan fingerprint density at radius 2 is 1.95 bits per heavy atom. The molecule has 6 heteroatoms. The Labute approximate surface area is 120 Å². The normalized spacial score (nSPS) is 10.7. The van der Waals surface area contributed by atoms with Gasteiger partial charge in [-0.25, -0.2) is 8.78 Å². The lowest BCUT2D eigenvalue weighted by molar-refractivity contribution is 0.152. The van der Waals surface area contributed by atoms with Crippen molar-refractivity contribution in [3.05, 3.63) is 47.0 Å². The fraction of sp³-hybridized carbons (Fsp3) is 0.143. The van der Waals surface area contributed by atoms with Crippen molar-refractivity contribution in [3.8, 4) is 5.75 Å². The van der Waals surface area contributed by atoms with Crippen molar-refractivity contribution in [1.82, 2.24) is 0 Å². The van der Waals surface area contributed by atoms with E-state index in [1.165, 1.54) is 19.2 Å². The third kappa shape index (κ3) is 3.11. The number of hydrogen-bond acceptors (Lipinski definition) is 3. The van der Waals surface area contributed by atoms with E-state index in [4.69, 9.17) is 22.1 Å². The number of anilines is 3. The Bertz CT molecular complexity index is 620. The molecule has 0 spiro atoms. The second kappa shape index (κ2) is 5.96. The minimum atomic E-state index is -2.62. The topological polar surface area (TPSA) is 47.3 Å². The average Bonchev–Trinajstić information content (AvgIpc) is 2.41. The highest BCUT2D eigenvalue weighted by Gasteiger charge is 2.14. The molecule has 0 atom stereocenters. The second-order valence-electron chi connectivity index (χ2n) is 4.12. The van der Waals surface area contributed by atoms with Crippen LogP contribution in [0, 0.1) is 0 Å². The summed E-state index contributed by atoms with van der Waals surface area (Å²) in [5.41, 5.74) is 6.53. The van der Waals surface area contributed by atoms with Crippen molar-refractivity contribution in [2.24, 2.45) is 0 Å². The Hall–Kier alpha value is -2.01. The summed E-state index contributed by atoms with van der Waals surface area (Å²) >= 11 is 5.99. The van der Waals surface area contributed by atoms with Crippen LogP contribution in [-0.4, -0.2) is 7.11 Å². The number of nitrogen functional groups attached to an aromatic ring is 1. The minimum absolute atomic E-state index is 0.156. The molecule has 0 fully saturated rings. The number of nitrogens with one attached hydrogen (secondary N) is 1. The monoisotopic (exact) mass is 298 g/mol. The molecule has 106 valence electrons. The molecule has 0 aliphatic carbocycles. The second-order valence-corrected chi connectivity index (χ2v) is 4.53. The predicted molar refractivity (Wildman–Crippen MR) is 77.1 cm³/mol. The van der Waals surface area contributed by atoms with Crippen LogP contribution in [0.1, 0.15) is 12.0 Å². The Balaban J connectivity index is 2.32. The molecular formula is C14H13ClF2N2O. The summed E-state index contributed by atoms with van der Waals surface area (Å²) < 4.78 is 31.0. The SMILES string of the molecule is COc1ccc(Nc2ccc(N)cc2C(F)F)cc1Cl. The number of methoxy groups -OCH3 is 1. The number of rotatable bonds is 4. The highest BCUT2D eigenvalue weighted by molar-refractivity contribution is 6.32. The predicted octanol–water partition coefficient (Wildman–Crippen LogP) is 4.61. The van der Waals surface area contributed by atoms with Gasteiger partial charge in [0, 0.05) is 22.6 Å². The van der Waals surface area contributed by atoms with Crippen LogP contribution >= 0.6 is 11.6 Å². The molecule has 3 nitrogen and oxygen atoms in total. The van der Waals surface area contributed by atoms with Gasteiger partial charge in [-0.05, 0) is 36.4 Å². The maximum absolute atomic E-state index is 13.0. The summed E-state index contributed by atoms with van der Waals surface area (Å²) in [5, 5.41) is 3.29. The van der Waals surface area contributed by atoms with E-state index in [-0.39, 0.29) is 11.3 Å². The van der Waals surface area contributed by atoms with Gasteiger partial charge in [-0.1, -0.05) is 11.6 Å². The van der Waals surface area contributed by atoms with E-state index in [0.29, 0.717) is 22.1 Å². The van der Waals surface area contributed by atoms with Gasteiger partial charge in [0.1, 0.15) is 5.75 Å². The lowest BCUT2D eigenvalue weighted by Crippen LogP contribution is -1.98. The average molecular weight is 299 g/mol. The first-order chi connectivity index (χ1) is 9.51. The fourth-order valence-corrected chi connectivity index (χ4v) is 2.03. The molecule has 3 N–H and O–H groups in total. The van der Waals surface area contributed by atoms with E-state index in [1.54, 1.807) is 24.3 Å². The van der Waals surface area contributed by atoms with Gasteiger partial charge in [0.05, 0.1) is 12.1 Å². The molecule has 0 aromatic heterocycles. The minimum Gasteiger partial charge on any atom is -0.495 e. The molecule has 2 aromatic rings. The zero-order valence-corrected chi connectivity index (χ0v) is 11.4. The quantitative estimate of drug-likeness (QED) is 0.810. The maximum Gasteiger partial charge on any atom is 0.265 e. The van der Waals surface area contributed by atoms with Crippen LogP contribution in [0.15, 0.2) is 36.4 Å². The lowest BCUT2D eigenvalue weighted by Gasteiger charge is -2.13. The smallest absolute Gasteiger partial charge is 0.265 e. The molecule has 0 aliphatic heterocycles. The van der Waals surface area contributed by atoms with Crippen molar-refractivity contribution >= 4 is 28.7 Å². The first-order valence-corrected chi connectivity index (χ1v) is 6.17. The van der Waals surface area contributed by atoms with Gasteiger partial charge in [-0.2, -0.15) is 0 Å². The molecule has 0 heterocycles. The highest BCUT2D eigenvalue weighted by atomic mass is 35.5. The Morgan fingerprint density at radius 1 is 1.20 bits per heavy atom. The van der Waals surface area contributed by atoms with Gasteiger partial charge in [-0.3, -0.25) is 0 Å². The summed E-state index contributed by atoms with van der Waals surface area (Å²) in [5.74, 6) is 0.517. The first kappa shape index (κ1) is 14.4. The molecule has 0 amide bonds.